The zero-order valence-electron chi connectivity index (χ0n) is 8.71. The Hall–Kier alpha value is -0.610. The molecule has 0 fully saturated rings. The molecule has 0 aromatic heterocycles. The fourth-order valence-electron chi connectivity index (χ4n) is 0.452. The van der Waals surface area contributed by atoms with E-state index in [9.17, 15) is 4.79 Å². The molecule has 0 atom stereocenters. The predicted molar refractivity (Wildman–Crippen MR) is 50.5 cm³/mol. The van der Waals surface area contributed by atoms with Crippen molar-refractivity contribution in [2.75, 3.05) is 26.9 Å². The number of aliphatic hydroxyl groups is 1. The molecule has 1 N–H and O–H groups in total. The van der Waals surface area contributed by atoms with Gasteiger partial charge in [0.15, 0.2) is 0 Å². The normalized spacial score (nSPS) is 8.62. The molecule has 0 saturated heterocycles. The molecule has 0 unspecified atom stereocenters. The topological polar surface area (TPSA) is 55.8 Å². The number of carbonyl (C=O) groups is 1. The summed E-state index contributed by atoms with van der Waals surface area (Å²) in [5.74, 6) is -0.182. The zero-order chi connectivity index (χ0) is 10.5. The zero-order valence-corrected chi connectivity index (χ0v) is 8.71. The van der Waals surface area contributed by atoms with Crippen LogP contribution >= 0.6 is 0 Å². The van der Waals surface area contributed by atoms with Crippen molar-refractivity contribution in [3.63, 3.8) is 0 Å². The van der Waals surface area contributed by atoms with Crippen LogP contribution in [0.5, 0.6) is 0 Å². The highest BCUT2D eigenvalue weighted by molar-refractivity contribution is 5.65. The van der Waals surface area contributed by atoms with E-state index in [4.69, 9.17) is 5.11 Å². The smallest absolute Gasteiger partial charge is 0.302 e. The molecule has 0 aliphatic heterocycles. The van der Waals surface area contributed by atoms with Gasteiger partial charge in [-0.3, -0.25) is 4.79 Å². The summed E-state index contributed by atoms with van der Waals surface area (Å²) in [5.41, 5.74) is 0. The fourth-order valence-corrected chi connectivity index (χ4v) is 0.452. The Bertz CT molecular complexity index is 102. The Morgan fingerprint density at radius 3 is 2.23 bits per heavy atom. The van der Waals surface area contributed by atoms with Crippen LogP contribution in [0.1, 0.15) is 26.7 Å². The molecule has 0 amide bonds. The molecule has 0 rings (SSSR count). The molecule has 0 bridgehead atoms. The van der Waals surface area contributed by atoms with Crippen LogP contribution in [0.2, 0.25) is 0 Å². The molecule has 0 heterocycles. The lowest BCUT2D eigenvalue weighted by Crippen LogP contribution is -1.99. The van der Waals surface area contributed by atoms with Crippen LogP contribution in [0.4, 0.5) is 0 Å². The van der Waals surface area contributed by atoms with E-state index in [1.807, 2.05) is 0 Å². The van der Waals surface area contributed by atoms with Crippen molar-refractivity contribution in [2.24, 2.45) is 0 Å². The highest BCUT2D eigenvalue weighted by Gasteiger charge is 1.88. The second-order valence-corrected chi connectivity index (χ2v) is 2.41. The van der Waals surface area contributed by atoms with Gasteiger partial charge in [0.05, 0.1) is 19.8 Å². The average Bonchev–Trinajstić information content (AvgIpc) is 2.07. The first kappa shape index (κ1) is 14.9. The highest BCUT2D eigenvalue weighted by Crippen LogP contribution is 1.86. The van der Waals surface area contributed by atoms with Crippen LogP contribution in [-0.4, -0.2) is 38.0 Å². The number of unbranched alkanes of at least 4 members (excludes halogenated alkanes) is 1. The second kappa shape index (κ2) is 13.9. The van der Waals surface area contributed by atoms with Crippen LogP contribution in [-0.2, 0) is 14.3 Å². The van der Waals surface area contributed by atoms with E-state index in [0.29, 0.717) is 13.2 Å². The number of hydrogen-bond donors (Lipinski definition) is 1. The largest absolute Gasteiger partial charge is 0.466 e. The van der Waals surface area contributed by atoms with Crippen molar-refractivity contribution in [2.45, 2.75) is 26.7 Å². The molecule has 0 saturated carbocycles. The van der Waals surface area contributed by atoms with Crippen molar-refractivity contribution in [3.8, 4) is 0 Å². The summed E-state index contributed by atoms with van der Waals surface area (Å²) in [7, 11) is 1.55. The van der Waals surface area contributed by atoms with Gasteiger partial charge in [0.25, 0.3) is 0 Å². The Morgan fingerprint density at radius 1 is 1.38 bits per heavy atom. The Balaban J connectivity index is 0. The van der Waals surface area contributed by atoms with Gasteiger partial charge >= 0.3 is 5.97 Å². The summed E-state index contributed by atoms with van der Waals surface area (Å²) in [6.07, 6.45) is 2.05. The first-order valence-corrected chi connectivity index (χ1v) is 4.42. The van der Waals surface area contributed by atoms with Crippen LogP contribution < -0.4 is 0 Å². The minimum atomic E-state index is -0.182. The number of carbonyl (C=O) groups excluding carboxylic acids is 1. The SMILES string of the molecule is CCCCOC(C)=O.COCCO. The van der Waals surface area contributed by atoms with Gasteiger partial charge in [0.2, 0.25) is 0 Å². The van der Waals surface area contributed by atoms with E-state index in [1.54, 1.807) is 7.11 Å². The summed E-state index contributed by atoms with van der Waals surface area (Å²) in [6.45, 7) is 4.63. The summed E-state index contributed by atoms with van der Waals surface area (Å²) >= 11 is 0. The van der Waals surface area contributed by atoms with Gasteiger partial charge in [0, 0.05) is 14.0 Å². The van der Waals surface area contributed by atoms with Gasteiger partial charge in [-0.1, -0.05) is 13.3 Å². The molecular formula is C9H20O4. The van der Waals surface area contributed by atoms with Gasteiger partial charge in [-0.25, -0.2) is 0 Å². The summed E-state index contributed by atoms with van der Waals surface area (Å²) in [4.78, 5) is 10.1. The summed E-state index contributed by atoms with van der Waals surface area (Å²) < 4.78 is 9.08. The van der Waals surface area contributed by atoms with Gasteiger partial charge in [-0.15, -0.1) is 0 Å². The molecular weight excluding hydrogens is 172 g/mol. The molecule has 0 spiro atoms. The molecule has 0 aromatic rings. The quantitative estimate of drug-likeness (QED) is 0.521. The van der Waals surface area contributed by atoms with Crippen LogP contribution in [0, 0.1) is 0 Å². The Kier molecular flexibility index (Phi) is 16.0. The number of methoxy groups -OCH3 is 1. The first-order valence-electron chi connectivity index (χ1n) is 4.42. The lowest BCUT2D eigenvalue weighted by molar-refractivity contribution is -0.141. The van der Waals surface area contributed by atoms with E-state index in [-0.39, 0.29) is 12.6 Å². The third-order valence-electron chi connectivity index (χ3n) is 1.10. The molecule has 0 aromatic carbocycles. The predicted octanol–water partition coefficient (Wildman–Crippen LogP) is 0.975. The lowest BCUT2D eigenvalue weighted by atomic mass is 10.4. The molecule has 80 valence electrons. The van der Waals surface area contributed by atoms with Crippen LogP contribution in [0.15, 0.2) is 0 Å². The molecule has 13 heavy (non-hydrogen) atoms. The standard InChI is InChI=1S/C6H12O2.C3H8O2/c1-3-4-5-8-6(2)7;1-5-3-2-4/h3-5H2,1-2H3;4H,2-3H2,1H3. The van der Waals surface area contributed by atoms with Crippen molar-refractivity contribution in [1.29, 1.82) is 0 Å². The van der Waals surface area contributed by atoms with Crippen molar-refractivity contribution in [1.82, 2.24) is 0 Å². The van der Waals surface area contributed by atoms with Gasteiger partial charge in [-0.05, 0) is 6.42 Å². The van der Waals surface area contributed by atoms with Gasteiger partial charge < -0.3 is 14.6 Å². The van der Waals surface area contributed by atoms with Crippen LogP contribution in [0.3, 0.4) is 0 Å². The Labute approximate surface area is 79.8 Å². The third kappa shape index (κ3) is 24.6. The van der Waals surface area contributed by atoms with Crippen LogP contribution in [0.25, 0.3) is 0 Å². The third-order valence-corrected chi connectivity index (χ3v) is 1.10. The minimum absolute atomic E-state index is 0.122. The maximum absolute atomic E-state index is 10.1. The number of hydrogen-bond acceptors (Lipinski definition) is 4. The number of rotatable bonds is 5. The average molecular weight is 192 g/mol. The van der Waals surface area contributed by atoms with Gasteiger partial charge in [-0.2, -0.15) is 0 Å². The second-order valence-electron chi connectivity index (χ2n) is 2.41. The minimum Gasteiger partial charge on any atom is -0.466 e. The lowest BCUT2D eigenvalue weighted by Gasteiger charge is -1.96. The summed E-state index contributed by atoms with van der Waals surface area (Å²) in [6, 6.07) is 0. The Morgan fingerprint density at radius 2 is 2.00 bits per heavy atom. The maximum atomic E-state index is 10.1. The number of ether oxygens (including phenoxy) is 2. The van der Waals surface area contributed by atoms with E-state index >= 15 is 0 Å². The van der Waals surface area contributed by atoms with Crippen molar-refractivity contribution in [3.05, 3.63) is 0 Å². The van der Waals surface area contributed by atoms with E-state index in [2.05, 4.69) is 16.4 Å². The maximum Gasteiger partial charge on any atom is 0.302 e. The molecule has 4 nitrogen and oxygen atoms in total. The highest BCUT2D eigenvalue weighted by atomic mass is 16.5. The number of aliphatic hydroxyl groups excluding tert-OH is 1. The van der Waals surface area contributed by atoms with Crippen molar-refractivity contribution < 1.29 is 19.4 Å². The fraction of sp³-hybridized carbons (Fsp3) is 0.889. The first-order chi connectivity index (χ1) is 6.18. The summed E-state index contributed by atoms with van der Waals surface area (Å²) in [5, 5.41) is 7.94. The monoisotopic (exact) mass is 192 g/mol. The molecule has 4 heteroatoms. The number of esters is 1. The molecule has 0 aliphatic rings. The van der Waals surface area contributed by atoms with Crippen molar-refractivity contribution >= 4 is 5.97 Å². The molecule has 0 aliphatic carbocycles. The molecule has 0 radical (unpaired) electrons. The van der Waals surface area contributed by atoms with E-state index in [1.165, 1.54) is 6.92 Å². The van der Waals surface area contributed by atoms with Gasteiger partial charge in [0.1, 0.15) is 0 Å². The van der Waals surface area contributed by atoms with E-state index in [0.717, 1.165) is 12.8 Å². The van der Waals surface area contributed by atoms with E-state index < -0.39 is 0 Å².